The van der Waals surface area contributed by atoms with Crippen molar-refractivity contribution in [2.75, 3.05) is 6.61 Å². The summed E-state index contributed by atoms with van der Waals surface area (Å²) in [6.07, 6.45) is -3.02. The summed E-state index contributed by atoms with van der Waals surface area (Å²) in [7, 11) is 0. The highest BCUT2D eigenvalue weighted by Gasteiger charge is 2.29. The second-order valence-electron chi connectivity index (χ2n) is 2.65. The van der Waals surface area contributed by atoms with Gasteiger partial charge in [0.1, 0.15) is 0 Å². The fraction of sp³-hybridized carbons (Fsp3) is 0.833. The zero-order chi connectivity index (χ0) is 9.14. The average molecular weight is 177 g/mol. The molecule has 4 N–H and O–H groups in total. The van der Waals surface area contributed by atoms with E-state index >= 15 is 0 Å². The number of aliphatic hydroxyl groups is 2. The van der Waals surface area contributed by atoms with Crippen molar-refractivity contribution in [2.24, 2.45) is 0 Å². The Balaban J connectivity index is 2.43. The predicted octanol–water partition coefficient (Wildman–Crippen LogP) is -1.28. The van der Waals surface area contributed by atoms with Crippen molar-refractivity contribution in [3.63, 3.8) is 0 Å². The lowest BCUT2D eigenvalue weighted by atomic mass is 10.1. The summed E-state index contributed by atoms with van der Waals surface area (Å²) < 4.78 is 4.67. The maximum absolute atomic E-state index is 10.2. The molecule has 1 aliphatic heterocycles. The van der Waals surface area contributed by atoms with Gasteiger partial charge in [0.2, 0.25) is 0 Å². The van der Waals surface area contributed by atoms with Crippen LogP contribution in [0, 0.1) is 0 Å². The van der Waals surface area contributed by atoms with E-state index in [1.54, 1.807) is 0 Å². The molecule has 0 aromatic heterocycles. The number of amides is 1. The van der Waals surface area contributed by atoms with Crippen LogP contribution in [0.1, 0.15) is 6.42 Å². The van der Waals surface area contributed by atoms with Crippen molar-refractivity contribution in [1.29, 1.82) is 0 Å². The van der Waals surface area contributed by atoms with Gasteiger partial charge in [0.25, 0.3) is 0 Å². The molecule has 6 nitrogen and oxygen atoms in total. The van der Waals surface area contributed by atoms with E-state index in [1.807, 2.05) is 0 Å². The van der Waals surface area contributed by atoms with Gasteiger partial charge in [-0.15, -0.1) is 0 Å². The lowest BCUT2D eigenvalue weighted by molar-refractivity contribution is -0.165. The van der Waals surface area contributed by atoms with Gasteiger partial charge in [-0.3, -0.25) is 0 Å². The zero-order valence-electron chi connectivity index (χ0n) is 6.30. The summed E-state index contributed by atoms with van der Waals surface area (Å²) in [4.78, 5) is 10.2. The van der Waals surface area contributed by atoms with Gasteiger partial charge in [-0.25, -0.2) is 4.79 Å². The van der Waals surface area contributed by atoms with Crippen LogP contribution < -0.4 is 5.32 Å². The van der Waals surface area contributed by atoms with E-state index in [2.05, 4.69) is 10.1 Å². The monoisotopic (exact) mass is 177 g/mol. The Morgan fingerprint density at radius 1 is 1.50 bits per heavy atom. The first kappa shape index (κ1) is 9.24. The number of carbonyl (C=O) groups is 1. The fourth-order valence-electron chi connectivity index (χ4n) is 1.08. The number of rotatable bonds is 1. The van der Waals surface area contributed by atoms with Crippen LogP contribution in [-0.4, -0.2) is 46.5 Å². The van der Waals surface area contributed by atoms with Crippen LogP contribution in [-0.2, 0) is 4.74 Å². The van der Waals surface area contributed by atoms with E-state index < -0.39 is 24.5 Å². The van der Waals surface area contributed by atoms with Crippen molar-refractivity contribution in [2.45, 2.75) is 24.9 Å². The Kier molecular flexibility index (Phi) is 2.85. The molecular weight excluding hydrogens is 166 g/mol. The van der Waals surface area contributed by atoms with Crippen molar-refractivity contribution >= 4 is 6.09 Å². The summed E-state index contributed by atoms with van der Waals surface area (Å²) >= 11 is 0. The van der Waals surface area contributed by atoms with E-state index in [9.17, 15) is 9.90 Å². The third kappa shape index (κ3) is 2.33. The maximum atomic E-state index is 10.2. The molecule has 12 heavy (non-hydrogen) atoms. The minimum absolute atomic E-state index is 0.0495. The van der Waals surface area contributed by atoms with Gasteiger partial charge < -0.3 is 25.4 Å². The number of hydrogen-bond donors (Lipinski definition) is 4. The van der Waals surface area contributed by atoms with Crippen LogP contribution in [0.5, 0.6) is 0 Å². The second-order valence-corrected chi connectivity index (χ2v) is 2.65. The third-order valence-corrected chi connectivity index (χ3v) is 1.69. The van der Waals surface area contributed by atoms with E-state index in [0.717, 1.165) is 0 Å². The van der Waals surface area contributed by atoms with Gasteiger partial charge in [0.05, 0.1) is 18.8 Å². The fourth-order valence-corrected chi connectivity index (χ4v) is 1.08. The molecule has 0 radical (unpaired) electrons. The maximum Gasteiger partial charge on any atom is 0.404 e. The second kappa shape index (κ2) is 3.70. The molecule has 0 spiro atoms. The molecule has 1 fully saturated rings. The summed E-state index contributed by atoms with van der Waals surface area (Å²) in [6.45, 7) is -0.0495. The van der Waals surface area contributed by atoms with Gasteiger partial charge in [-0.2, -0.15) is 0 Å². The molecule has 70 valence electrons. The standard InChI is InChI=1S/C6H11NO5/c8-4-2-12-5(9)1-3(4)7-6(10)11/h3-5,7-9H,1-2H2,(H,10,11). The zero-order valence-corrected chi connectivity index (χ0v) is 6.30. The van der Waals surface area contributed by atoms with Gasteiger partial charge >= 0.3 is 6.09 Å². The third-order valence-electron chi connectivity index (χ3n) is 1.69. The molecule has 0 saturated carbocycles. The Bertz CT molecular complexity index is 173. The average Bonchev–Trinajstić information content (AvgIpc) is 1.96. The lowest BCUT2D eigenvalue weighted by Crippen LogP contribution is -2.50. The Morgan fingerprint density at radius 2 is 2.17 bits per heavy atom. The summed E-state index contributed by atoms with van der Waals surface area (Å²) in [5.74, 6) is 0. The van der Waals surface area contributed by atoms with Gasteiger partial charge in [-0.1, -0.05) is 0 Å². The predicted molar refractivity (Wildman–Crippen MR) is 37.5 cm³/mol. The number of ether oxygens (including phenoxy) is 1. The topological polar surface area (TPSA) is 99.0 Å². The molecule has 1 saturated heterocycles. The molecule has 0 bridgehead atoms. The highest BCUT2D eigenvalue weighted by Crippen LogP contribution is 2.12. The summed E-state index contributed by atoms with van der Waals surface area (Å²) in [5, 5.41) is 28.5. The molecule has 0 aliphatic carbocycles. The van der Waals surface area contributed by atoms with Crippen LogP contribution in [0.3, 0.4) is 0 Å². The SMILES string of the molecule is O=C(O)NC1CC(O)OCC1O. The minimum Gasteiger partial charge on any atom is -0.465 e. The van der Waals surface area contributed by atoms with Crippen LogP contribution in [0.2, 0.25) is 0 Å². The van der Waals surface area contributed by atoms with Gasteiger partial charge in [0, 0.05) is 6.42 Å². The van der Waals surface area contributed by atoms with Crippen molar-refractivity contribution in [3.8, 4) is 0 Å². The van der Waals surface area contributed by atoms with Gasteiger partial charge in [0.15, 0.2) is 6.29 Å². The molecule has 3 unspecified atom stereocenters. The smallest absolute Gasteiger partial charge is 0.404 e. The van der Waals surface area contributed by atoms with Crippen molar-refractivity contribution in [3.05, 3.63) is 0 Å². The van der Waals surface area contributed by atoms with E-state index in [1.165, 1.54) is 0 Å². The normalized spacial score (nSPS) is 36.0. The van der Waals surface area contributed by atoms with E-state index in [0.29, 0.717) is 0 Å². The number of carboxylic acid groups (broad SMARTS) is 1. The molecular formula is C6H11NO5. The van der Waals surface area contributed by atoms with Crippen LogP contribution in [0.25, 0.3) is 0 Å². The first-order valence-corrected chi connectivity index (χ1v) is 3.57. The van der Waals surface area contributed by atoms with Crippen molar-refractivity contribution < 1.29 is 24.9 Å². The van der Waals surface area contributed by atoms with Crippen LogP contribution in [0.15, 0.2) is 0 Å². The van der Waals surface area contributed by atoms with Crippen molar-refractivity contribution in [1.82, 2.24) is 5.32 Å². The summed E-state index contributed by atoms with van der Waals surface area (Å²) in [5.41, 5.74) is 0. The molecule has 3 atom stereocenters. The molecule has 1 aliphatic rings. The largest absolute Gasteiger partial charge is 0.465 e. The quantitative estimate of drug-likeness (QED) is 0.400. The summed E-state index contributed by atoms with van der Waals surface area (Å²) in [6, 6.07) is -0.647. The highest BCUT2D eigenvalue weighted by atomic mass is 16.6. The molecule has 1 amide bonds. The number of nitrogens with one attached hydrogen (secondary N) is 1. The first-order valence-electron chi connectivity index (χ1n) is 3.57. The van der Waals surface area contributed by atoms with Gasteiger partial charge in [-0.05, 0) is 0 Å². The van der Waals surface area contributed by atoms with Crippen LogP contribution >= 0.6 is 0 Å². The lowest BCUT2D eigenvalue weighted by Gasteiger charge is -2.30. The molecule has 1 rings (SSSR count). The molecule has 1 heterocycles. The Labute approximate surface area is 68.8 Å². The molecule has 6 heteroatoms. The highest BCUT2D eigenvalue weighted by molar-refractivity contribution is 5.64. The number of aliphatic hydroxyl groups excluding tert-OH is 2. The van der Waals surface area contributed by atoms with E-state index in [-0.39, 0.29) is 13.0 Å². The van der Waals surface area contributed by atoms with Crippen LogP contribution in [0.4, 0.5) is 4.79 Å². The van der Waals surface area contributed by atoms with E-state index in [4.69, 9.17) is 10.2 Å². The molecule has 0 aromatic rings. The number of hydrogen-bond acceptors (Lipinski definition) is 4. The Morgan fingerprint density at radius 3 is 2.75 bits per heavy atom. The first-order chi connectivity index (χ1) is 5.59. The molecule has 0 aromatic carbocycles. The minimum atomic E-state index is -1.21. The Hall–Kier alpha value is -0.850.